The van der Waals surface area contributed by atoms with Crippen molar-refractivity contribution in [1.82, 2.24) is 10.2 Å². The van der Waals surface area contributed by atoms with E-state index in [9.17, 15) is 9.50 Å². The van der Waals surface area contributed by atoms with Crippen LogP contribution in [0.2, 0.25) is 0 Å². The highest BCUT2D eigenvalue weighted by Crippen LogP contribution is 2.42. The van der Waals surface area contributed by atoms with E-state index in [1.54, 1.807) is 6.07 Å². The number of nitrogens with zero attached hydrogens (tertiary/aromatic N) is 1. The number of hydrogen-bond donors (Lipinski definition) is 2. The summed E-state index contributed by atoms with van der Waals surface area (Å²) in [7, 11) is 0. The van der Waals surface area contributed by atoms with Crippen molar-refractivity contribution in [3.05, 3.63) is 29.6 Å². The van der Waals surface area contributed by atoms with Gasteiger partial charge in [0.25, 0.3) is 0 Å². The standard InChI is InChI=1S/C15H23FN2O/c1-15(2,3)14(18-9-7-17-8-10-18)11-5-4-6-12(16)13(11)19/h4-6,14,17,19H,7-10H2,1-3H3/t14-/m1/s1. The van der Waals surface area contributed by atoms with Crippen molar-refractivity contribution in [1.29, 1.82) is 0 Å². The maximum Gasteiger partial charge on any atom is 0.165 e. The number of para-hydroxylation sites is 1. The van der Waals surface area contributed by atoms with Crippen molar-refractivity contribution < 1.29 is 9.50 Å². The van der Waals surface area contributed by atoms with E-state index in [0.29, 0.717) is 5.56 Å². The Balaban J connectivity index is 2.40. The SMILES string of the molecule is CC(C)(C)[C@@H](c1cccc(F)c1O)N1CCNCC1. The Labute approximate surface area is 114 Å². The number of halogens is 1. The first kappa shape index (κ1) is 14.3. The Morgan fingerprint density at radius 3 is 2.47 bits per heavy atom. The van der Waals surface area contributed by atoms with Crippen molar-refractivity contribution in [2.45, 2.75) is 26.8 Å². The van der Waals surface area contributed by atoms with Crippen molar-refractivity contribution in [2.75, 3.05) is 26.2 Å². The molecule has 0 amide bonds. The molecule has 4 heteroatoms. The van der Waals surface area contributed by atoms with Crippen LogP contribution >= 0.6 is 0 Å². The van der Waals surface area contributed by atoms with Gasteiger partial charge in [0, 0.05) is 37.8 Å². The fraction of sp³-hybridized carbons (Fsp3) is 0.600. The van der Waals surface area contributed by atoms with Gasteiger partial charge in [-0.1, -0.05) is 32.9 Å². The predicted molar refractivity (Wildman–Crippen MR) is 74.7 cm³/mol. The minimum absolute atomic E-state index is 0.0188. The lowest BCUT2D eigenvalue weighted by molar-refractivity contribution is 0.0838. The highest BCUT2D eigenvalue weighted by Gasteiger charge is 2.34. The molecule has 2 N–H and O–H groups in total. The Morgan fingerprint density at radius 2 is 1.89 bits per heavy atom. The van der Waals surface area contributed by atoms with Crippen LogP contribution in [0.25, 0.3) is 0 Å². The zero-order valence-electron chi connectivity index (χ0n) is 11.9. The molecule has 1 aromatic carbocycles. The maximum absolute atomic E-state index is 13.6. The average molecular weight is 266 g/mol. The number of aromatic hydroxyl groups is 1. The van der Waals surface area contributed by atoms with Gasteiger partial charge in [0.2, 0.25) is 0 Å². The Bertz CT molecular complexity index is 436. The number of piperazine rings is 1. The van der Waals surface area contributed by atoms with E-state index in [1.165, 1.54) is 6.07 Å². The van der Waals surface area contributed by atoms with Crippen LogP contribution in [0, 0.1) is 11.2 Å². The van der Waals surface area contributed by atoms with E-state index in [2.05, 4.69) is 31.0 Å². The van der Waals surface area contributed by atoms with Gasteiger partial charge in [0.05, 0.1) is 0 Å². The summed E-state index contributed by atoms with van der Waals surface area (Å²) >= 11 is 0. The molecule has 0 saturated carbocycles. The third-order valence-corrected chi connectivity index (χ3v) is 3.65. The van der Waals surface area contributed by atoms with Crippen LogP contribution in [-0.2, 0) is 0 Å². The van der Waals surface area contributed by atoms with E-state index in [0.717, 1.165) is 26.2 Å². The molecule has 1 aromatic rings. The van der Waals surface area contributed by atoms with Crippen LogP contribution in [0.4, 0.5) is 4.39 Å². The molecule has 3 nitrogen and oxygen atoms in total. The minimum atomic E-state index is -0.540. The molecule has 2 rings (SSSR count). The molecule has 0 aliphatic carbocycles. The van der Waals surface area contributed by atoms with Gasteiger partial charge in [0.1, 0.15) is 0 Å². The molecule has 1 saturated heterocycles. The second-order valence-electron chi connectivity index (χ2n) is 6.23. The molecular formula is C15H23FN2O. The molecule has 1 atom stereocenters. The monoisotopic (exact) mass is 266 g/mol. The van der Waals surface area contributed by atoms with Crippen LogP contribution < -0.4 is 5.32 Å². The van der Waals surface area contributed by atoms with E-state index >= 15 is 0 Å². The minimum Gasteiger partial charge on any atom is -0.505 e. The van der Waals surface area contributed by atoms with E-state index in [4.69, 9.17) is 0 Å². The largest absolute Gasteiger partial charge is 0.505 e. The van der Waals surface area contributed by atoms with Crippen LogP contribution in [0.1, 0.15) is 32.4 Å². The third-order valence-electron chi connectivity index (χ3n) is 3.65. The Hall–Kier alpha value is -1.13. The highest BCUT2D eigenvalue weighted by molar-refractivity contribution is 5.37. The average Bonchev–Trinajstić information content (AvgIpc) is 2.35. The number of benzene rings is 1. The molecule has 1 aliphatic heterocycles. The summed E-state index contributed by atoms with van der Waals surface area (Å²) in [6.45, 7) is 10.1. The Kier molecular flexibility index (Phi) is 4.11. The van der Waals surface area contributed by atoms with Gasteiger partial charge in [-0.3, -0.25) is 4.90 Å². The molecule has 106 valence electrons. The molecule has 19 heavy (non-hydrogen) atoms. The van der Waals surface area contributed by atoms with Crippen LogP contribution in [0.5, 0.6) is 5.75 Å². The van der Waals surface area contributed by atoms with Gasteiger partial charge >= 0.3 is 0 Å². The summed E-state index contributed by atoms with van der Waals surface area (Å²) in [5, 5.41) is 13.4. The number of phenolic OH excluding ortho intramolecular Hbond substituents is 1. The summed E-state index contributed by atoms with van der Waals surface area (Å²) in [4.78, 5) is 2.32. The summed E-state index contributed by atoms with van der Waals surface area (Å²) < 4.78 is 13.6. The fourth-order valence-electron chi connectivity index (χ4n) is 2.90. The molecule has 0 bridgehead atoms. The lowest BCUT2D eigenvalue weighted by Gasteiger charge is -2.42. The first-order valence-corrected chi connectivity index (χ1v) is 6.83. The van der Waals surface area contributed by atoms with Crippen LogP contribution in [0.3, 0.4) is 0 Å². The third kappa shape index (κ3) is 3.07. The first-order chi connectivity index (χ1) is 8.91. The van der Waals surface area contributed by atoms with Crippen LogP contribution in [-0.4, -0.2) is 36.2 Å². The fourth-order valence-corrected chi connectivity index (χ4v) is 2.90. The zero-order valence-corrected chi connectivity index (χ0v) is 11.9. The smallest absolute Gasteiger partial charge is 0.165 e. The van der Waals surface area contributed by atoms with Gasteiger partial charge < -0.3 is 10.4 Å². The molecule has 0 unspecified atom stereocenters. The maximum atomic E-state index is 13.6. The summed E-state index contributed by atoms with van der Waals surface area (Å²) in [5.41, 5.74) is 0.622. The van der Waals surface area contributed by atoms with Crippen molar-refractivity contribution in [3.63, 3.8) is 0 Å². The van der Waals surface area contributed by atoms with Crippen molar-refractivity contribution >= 4 is 0 Å². The summed E-state index contributed by atoms with van der Waals surface area (Å²) in [6.07, 6.45) is 0. The predicted octanol–water partition coefficient (Wildman–Crippen LogP) is 2.52. The first-order valence-electron chi connectivity index (χ1n) is 6.83. The lowest BCUT2D eigenvalue weighted by atomic mass is 9.80. The quantitative estimate of drug-likeness (QED) is 0.863. The topological polar surface area (TPSA) is 35.5 Å². The van der Waals surface area contributed by atoms with Crippen molar-refractivity contribution in [2.24, 2.45) is 5.41 Å². The molecule has 0 radical (unpaired) electrons. The van der Waals surface area contributed by atoms with Gasteiger partial charge in [-0.25, -0.2) is 4.39 Å². The molecule has 0 spiro atoms. The van der Waals surface area contributed by atoms with Gasteiger partial charge in [-0.15, -0.1) is 0 Å². The highest BCUT2D eigenvalue weighted by atomic mass is 19.1. The second-order valence-corrected chi connectivity index (χ2v) is 6.23. The summed E-state index contributed by atoms with van der Waals surface area (Å²) in [5.74, 6) is -0.747. The van der Waals surface area contributed by atoms with Gasteiger partial charge in [-0.05, 0) is 11.5 Å². The van der Waals surface area contributed by atoms with Gasteiger partial charge in [-0.2, -0.15) is 0 Å². The van der Waals surface area contributed by atoms with Crippen LogP contribution in [0.15, 0.2) is 18.2 Å². The number of nitrogens with one attached hydrogen (secondary N) is 1. The van der Waals surface area contributed by atoms with E-state index in [-0.39, 0.29) is 17.2 Å². The van der Waals surface area contributed by atoms with Crippen molar-refractivity contribution in [3.8, 4) is 5.75 Å². The summed E-state index contributed by atoms with van der Waals surface area (Å²) in [6, 6.07) is 4.82. The number of hydrogen-bond acceptors (Lipinski definition) is 3. The number of rotatable bonds is 2. The molecule has 1 heterocycles. The number of phenols is 1. The van der Waals surface area contributed by atoms with E-state index < -0.39 is 5.82 Å². The molecular weight excluding hydrogens is 243 g/mol. The second kappa shape index (κ2) is 5.47. The normalized spacial score (nSPS) is 19.4. The van der Waals surface area contributed by atoms with Gasteiger partial charge in [0.15, 0.2) is 11.6 Å². The molecule has 0 aromatic heterocycles. The molecule has 1 fully saturated rings. The zero-order chi connectivity index (χ0) is 14.0. The lowest BCUT2D eigenvalue weighted by Crippen LogP contribution is -2.48. The molecule has 1 aliphatic rings. The Morgan fingerprint density at radius 1 is 1.26 bits per heavy atom. The van der Waals surface area contributed by atoms with E-state index in [1.807, 2.05) is 6.07 Å².